The molecule has 2 heterocycles. The van der Waals surface area contributed by atoms with Gasteiger partial charge in [-0.15, -0.1) is 0 Å². The maximum Gasteiger partial charge on any atom is 0.164 e. The summed E-state index contributed by atoms with van der Waals surface area (Å²) in [6.07, 6.45) is 0. The first kappa shape index (κ1) is 39.8. The zero-order valence-corrected chi connectivity index (χ0v) is 29.1. The zero-order chi connectivity index (χ0) is 27.9. The molecule has 2 aromatic carbocycles. The van der Waals surface area contributed by atoms with Gasteiger partial charge in [0.15, 0.2) is 10.3 Å². The molecule has 0 aliphatic carbocycles. The minimum absolute atomic E-state index is 0. The van der Waals surface area contributed by atoms with Crippen LogP contribution in [0.3, 0.4) is 0 Å². The monoisotopic (exact) mass is 711 g/mol. The summed E-state index contributed by atoms with van der Waals surface area (Å²) in [5.41, 5.74) is 5.71. The van der Waals surface area contributed by atoms with Crippen LogP contribution in [0.2, 0.25) is 0 Å². The van der Waals surface area contributed by atoms with Gasteiger partial charge in [-0.05, 0) is 52.8 Å². The Morgan fingerprint density at radius 2 is 1.41 bits per heavy atom. The molecule has 0 atom stereocenters. The second kappa shape index (κ2) is 17.8. The molecule has 0 saturated carbocycles. The number of amidine groups is 2. The summed E-state index contributed by atoms with van der Waals surface area (Å²) in [7, 11) is 0. The summed E-state index contributed by atoms with van der Waals surface area (Å²) in [6, 6.07) is 17.0. The van der Waals surface area contributed by atoms with Crippen LogP contribution in [0.5, 0.6) is 0 Å². The minimum Gasteiger partial charge on any atom is -1.00 e. The summed E-state index contributed by atoms with van der Waals surface area (Å²) < 4.78 is 0. The molecular weight excluding hydrogens is 655 g/mol. The number of hydrogen-bond acceptors (Lipinski definition) is 5. The maximum atomic E-state index is 4.96. The van der Waals surface area contributed by atoms with Gasteiger partial charge in [-0.1, -0.05) is 130 Å². The molecule has 0 aromatic heterocycles. The van der Waals surface area contributed by atoms with Crippen molar-refractivity contribution in [1.29, 1.82) is 0 Å². The third-order valence-corrected chi connectivity index (χ3v) is 9.68. The predicted molar refractivity (Wildman–Crippen MR) is 187 cm³/mol. The highest BCUT2D eigenvalue weighted by molar-refractivity contribution is 8.14. The van der Waals surface area contributed by atoms with Gasteiger partial charge in [-0.3, -0.25) is 4.99 Å². The number of anilines is 1. The summed E-state index contributed by atoms with van der Waals surface area (Å²) in [5.74, 6) is 3.31. The van der Waals surface area contributed by atoms with E-state index in [1.165, 1.54) is 22.0 Å². The lowest BCUT2D eigenvalue weighted by Crippen LogP contribution is -3.00. The molecule has 4 nitrogen and oxygen atoms in total. The van der Waals surface area contributed by atoms with Crippen LogP contribution in [-0.2, 0) is 0 Å². The van der Waals surface area contributed by atoms with Crippen LogP contribution in [0.1, 0.15) is 100 Å². The van der Waals surface area contributed by atoms with Crippen molar-refractivity contribution in [3.05, 3.63) is 59.7 Å². The largest absolute Gasteiger partial charge is 1.00 e. The Morgan fingerprint density at radius 3 is 1.98 bits per heavy atom. The molecule has 4 rings (SSSR count). The molecule has 2 aliphatic heterocycles. The van der Waals surface area contributed by atoms with Gasteiger partial charge in [-0.2, -0.15) is 0 Å². The predicted octanol–water partition coefficient (Wildman–Crippen LogP) is 7.52. The van der Waals surface area contributed by atoms with Crippen molar-refractivity contribution in [3.8, 4) is 0 Å². The minimum atomic E-state index is 0. The average Bonchev–Trinajstić information content (AvgIpc) is 2.87. The number of aliphatic imine (C=N–C) groups is 2. The summed E-state index contributed by atoms with van der Waals surface area (Å²) >= 11 is 3.72. The zero-order valence-electron chi connectivity index (χ0n) is 25.3. The summed E-state index contributed by atoms with van der Waals surface area (Å²) in [6.45, 7) is 23.4. The van der Waals surface area contributed by atoms with Crippen molar-refractivity contribution < 1.29 is 24.0 Å². The molecule has 1 fully saturated rings. The Morgan fingerprint density at radius 1 is 0.854 bits per heavy atom. The summed E-state index contributed by atoms with van der Waals surface area (Å²) in [5, 5.41) is 5.72. The average molecular weight is 712 g/mol. The van der Waals surface area contributed by atoms with Gasteiger partial charge in [0.2, 0.25) is 0 Å². The molecule has 41 heavy (non-hydrogen) atoms. The standard InChI is InChI=1S/C17H26N2S.C15H22N2S.2CH4.HI/c1-6-19-11-17(4,5)12-20-16(19)18-15-10-8-7-9-14(15)13(2)3;1-11(2)12-7-5-6-8-13(12)17-14-16-9-15(3,4)10-18-14;;;/h7-10,13H,6,11-12H2,1-5H3;5-8,11H,9-10H2,1-4H3,(H,16,17);2*1H4;1H/p-1. The molecule has 0 radical (unpaired) electrons. The summed E-state index contributed by atoms with van der Waals surface area (Å²) in [4.78, 5) is 12.0. The highest BCUT2D eigenvalue weighted by Crippen LogP contribution is 2.34. The Kier molecular flexibility index (Phi) is 17.3. The van der Waals surface area contributed by atoms with Crippen molar-refractivity contribution >= 4 is 45.2 Å². The van der Waals surface area contributed by atoms with Gasteiger partial charge in [0.25, 0.3) is 0 Å². The SMILES string of the molecule is C.C.CC(C)c1ccccc1NC1=NCC(C)(C)CS1.CCN1CC(C)(C)CSC1=Nc1ccccc1C(C)C.[I-]. The molecule has 0 spiro atoms. The molecule has 232 valence electrons. The number of nitrogens with zero attached hydrogens (tertiary/aromatic N) is 3. The normalized spacial score (nSPS) is 18.3. The molecule has 7 heteroatoms. The van der Waals surface area contributed by atoms with E-state index in [0.29, 0.717) is 22.7 Å². The molecule has 0 unspecified atom stereocenters. The number of benzene rings is 2. The first-order chi connectivity index (χ1) is 17.9. The lowest BCUT2D eigenvalue weighted by molar-refractivity contribution is -0.00000975. The Labute approximate surface area is 278 Å². The van der Waals surface area contributed by atoms with E-state index in [-0.39, 0.29) is 38.8 Å². The van der Waals surface area contributed by atoms with E-state index in [4.69, 9.17) is 4.99 Å². The lowest BCUT2D eigenvalue weighted by Gasteiger charge is -2.39. The maximum absolute atomic E-state index is 4.96. The number of halogens is 1. The Hall–Kier alpha value is -1.19. The Bertz CT molecular complexity index is 1130. The van der Waals surface area contributed by atoms with Crippen LogP contribution >= 0.6 is 23.5 Å². The lowest BCUT2D eigenvalue weighted by atomic mass is 9.95. The smallest absolute Gasteiger partial charge is 0.164 e. The highest BCUT2D eigenvalue weighted by atomic mass is 127. The van der Waals surface area contributed by atoms with E-state index >= 15 is 0 Å². The third-order valence-electron chi connectivity index (χ3n) is 6.71. The van der Waals surface area contributed by atoms with Crippen molar-refractivity contribution in [2.24, 2.45) is 20.8 Å². The highest BCUT2D eigenvalue weighted by Gasteiger charge is 2.30. The molecule has 0 bridgehead atoms. The van der Waals surface area contributed by atoms with E-state index in [1.807, 2.05) is 23.5 Å². The van der Waals surface area contributed by atoms with E-state index in [2.05, 4.69) is 126 Å². The van der Waals surface area contributed by atoms with Gasteiger partial charge in [0.1, 0.15) is 0 Å². The van der Waals surface area contributed by atoms with E-state index in [1.54, 1.807) is 0 Å². The number of para-hydroxylation sites is 2. The molecule has 0 amide bonds. The fourth-order valence-electron chi connectivity index (χ4n) is 4.46. The molecule has 1 saturated heterocycles. The number of thioether (sulfide) groups is 2. The van der Waals surface area contributed by atoms with Crippen LogP contribution in [0.4, 0.5) is 11.4 Å². The van der Waals surface area contributed by atoms with Crippen molar-refractivity contribution in [1.82, 2.24) is 4.90 Å². The molecule has 2 aliphatic rings. The van der Waals surface area contributed by atoms with Crippen LogP contribution in [0, 0.1) is 10.8 Å². The quantitative estimate of drug-likeness (QED) is 0.326. The van der Waals surface area contributed by atoms with Gasteiger partial charge in [0, 0.05) is 36.8 Å². The van der Waals surface area contributed by atoms with E-state index in [0.717, 1.165) is 42.0 Å². The van der Waals surface area contributed by atoms with Crippen molar-refractivity contribution in [2.45, 2.75) is 89.0 Å². The fourth-order valence-corrected chi connectivity index (χ4v) is 6.56. The topological polar surface area (TPSA) is 40.0 Å². The van der Waals surface area contributed by atoms with E-state index < -0.39 is 0 Å². The van der Waals surface area contributed by atoms with Gasteiger partial charge >= 0.3 is 0 Å². The van der Waals surface area contributed by atoms with Gasteiger partial charge in [-0.25, -0.2) is 4.99 Å². The number of hydrogen-bond donors (Lipinski definition) is 1. The first-order valence-electron chi connectivity index (χ1n) is 14.0. The number of rotatable bonds is 5. The fraction of sp³-hybridized carbons (Fsp3) is 0.588. The van der Waals surface area contributed by atoms with Crippen LogP contribution in [0.25, 0.3) is 0 Å². The second-order valence-electron chi connectivity index (χ2n) is 12.5. The Balaban J connectivity index is 0.000000730. The van der Waals surface area contributed by atoms with Crippen LogP contribution < -0.4 is 29.3 Å². The van der Waals surface area contributed by atoms with Gasteiger partial charge in [0.05, 0.1) is 5.69 Å². The molecule has 2 aromatic rings. The number of nitrogens with one attached hydrogen (secondary N) is 1. The molecule has 1 N–H and O–H groups in total. The van der Waals surface area contributed by atoms with Crippen molar-refractivity contribution in [2.75, 3.05) is 36.5 Å². The first-order valence-corrected chi connectivity index (χ1v) is 16.0. The van der Waals surface area contributed by atoms with E-state index in [9.17, 15) is 0 Å². The second-order valence-corrected chi connectivity index (χ2v) is 14.4. The van der Waals surface area contributed by atoms with Crippen molar-refractivity contribution in [3.63, 3.8) is 0 Å². The molecular formula is C34H56IN4S2-. The van der Waals surface area contributed by atoms with Crippen LogP contribution in [0.15, 0.2) is 58.5 Å². The third kappa shape index (κ3) is 12.1. The van der Waals surface area contributed by atoms with Gasteiger partial charge < -0.3 is 34.2 Å². The van der Waals surface area contributed by atoms with Crippen LogP contribution in [-0.4, -0.2) is 46.4 Å².